The molecule has 30 heavy (non-hydrogen) atoms. The van der Waals surface area contributed by atoms with Crippen molar-refractivity contribution in [2.75, 3.05) is 20.3 Å². The van der Waals surface area contributed by atoms with Gasteiger partial charge in [-0.2, -0.15) is 0 Å². The Labute approximate surface area is 180 Å². The molecular formula is C26H34O4. The van der Waals surface area contributed by atoms with Crippen LogP contribution < -0.4 is 9.47 Å². The maximum absolute atomic E-state index is 11.6. The SMILES string of the molecule is CCCCCC(COc1ccc(C(=O)OC)cc1)c1ccc2c(c1)OCCC2(C)C. The van der Waals surface area contributed by atoms with Gasteiger partial charge in [-0.15, -0.1) is 0 Å². The highest BCUT2D eigenvalue weighted by Gasteiger charge is 2.29. The van der Waals surface area contributed by atoms with Crippen LogP contribution in [-0.2, 0) is 10.2 Å². The number of rotatable bonds is 9. The molecule has 2 aromatic carbocycles. The van der Waals surface area contributed by atoms with E-state index in [1.165, 1.54) is 37.5 Å². The first-order valence-corrected chi connectivity index (χ1v) is 11.0. The molecule has 0 saturated carbocycles. The maximum atomic E-state index is 11.6. The molecule has 4 heteroatoms. The fourth-order valence-corrected chi connectivity index (χ4v) is 4.01. The highest BCUT2D eigenvalue weighted by atomic mass is 16.5. The van der Waals surface area contributed by atoms with Gasteiger partial charge in [0.2, 0.25) is 0 Å². The molecule has 0 aromatic heterocycles. The highest BCUT2D eigenvalue weighted by Crippen LogP contribution is 2.40. The average molecular weight is 411 g/mol. The summed E-state index contributed by atoms with van der Waals surface area (Å²) in [5.41, 5.74) is 3.25. The van der Waals surface area contributed by atoms with Crippen LogP contribution in [0.1, 0.15) is 80.3 Å². The summed E-state index contributed by atoms with van der Waals surface area (Å²) in [4.78, 5) is 11.6. The van der Waals surface area contributed by atoms with Gasteiger partial charge in [0.25, 0.3) is 0 Å². The Morgan fingerprint density at radius 3 is 2.60 bits per heavy atom. The lowest BCUT2D eigenvalue weighted by atomic mass is 9.79. The van der Waals surface area contributed by atoms with E-state index in [2.05, 4.69) is 39.0 Å². The zero-order valence-corrected chi connectivity index (χ0v) is 18.7. The number of ether oxygens (including phenoxy) is 3. The topological polar surface area (TPSA) is 44.8 Å². The number of hydrogen-bond acceptors (Lipinski definition) is 4. The Hall–Kier alpha value is -2.49. The van der Waals surface area contributed by atoms with Gasteiger partial charge < -0.3 is 14.2 Å². The number of hydrogen-bond donors (Lipinski definition) is 0. The second kappa shape index (κ2) is 10.0. The summed E-state index contributed by atoms with van der Waals surface area (Å²) in [5.74, 6) is 1.75. The van der Waals surface area contributed by atoms with Gasteiger partial charge in [0.15, 0.2) is 0 Å². The van der Waals surface area contributed by atoms with Crippen LogP contribution in [0.15, 0.2) is 42.5 Å². The number of benzene rings is 2. The van der Waals surface area contributed by atoms with Crippen LogP contribution in [-0.4, -0.2) is 26.3 Å². The average Bonchev–Trinajstić information content (AvgIpc) is 2.75. The summed E-state index contributed by atoms with van der Waals surface area (Å²) < 4.78 is 16.9. The Balaban J connectivity index is 1.74. The van der Waals surface area contributed by atoms with Crippen LogP contribution in [0.2, 0.25) is 0 Å². The van der Waals surface area contributed by atoms with Crippen molar-refractivity contribution < 1.29 is 19.0 Å². The third-order valence-corrected chi connectivity index (χ3v) is 6.07. The third-order valence-electron chi connectivity index (χ3n) is 6.07. The number of esters is 1. The minimum Gasteiger partial charge on any atom is -0.493 e. The standard InChI is InChI=1S/C26H34O4/c1-5-6-7-8-21(18-30-22-12-9-19(10-13-22)25(27)28-4)20-11-14-23-24(17-20)29-16-15-26(23,2)3/h9-14,17,21H,5-8,15-16,18H2,1-4H3. The van der Waals surface area contributed by atoms with Gasteiger partial charge >= 0.3 is 5.97 Å². The van der Waals surface area contributed by atoms with E-state index in [-0.39, 0.29) is 11.4 Å². The third kappa shape index (κ3) is 5.35. The molecule has 0 N–H and O–H groups in total. The van der Waals surface area contributed by atoms with E-state index in [0.717, 1.165) is 30.9 Å². The van der Waals surface area contributed by atoms with Crippen molar-refractivity contribution in [2.24, 2.45) is 0 Å². The molecule has 0 radical (unpaired) electrons. The van der Waals surface area contributed by atoms with E-state index in [1.807, 2.05) is 12.1 Å². The van der Waals surface area contributed by atoms with Gasteiger partial charge in [-0.3, -0.25) is 0 Å². The second-order valence-electron chi connectivity index (χ2n) is 8.76. The summed E-state index contributed by atoms with van der Waals surface area (Å²) in [5, 5.41) is 0. The van der Waals surface area contributed by atoms with E-state index in [9.17, 15) is 4.79 Å². The van der Waals surface area contributed by atoms with Gasteiger partial charge in [0.05, 0.1) is 25.9 Å². The Morgan fingerprint density at radius 1 is 1.13 bits per heavy atom. The summed E-state index contributed by atoms with van der Waals surface area (Å²) in [6, 6.07) is 13.8. The van der Waals surface area contributed by atoms with Crippen molar-refractivity contribution in [1.82, 2.24) is 0 Å². The molecule has 1 aliphatic rings. The van der Waals surface area contributed by atoms with Crippen molar-refractivity contribution in [3.63, 3.8) is 0 Å². The normalized spacial score (nSPS) is 15.6. The number of carbonyl (C=O) groups is 1. The molecule has 1 heterocycles. The van der Waals surface area contributed by atoms with Gasteiger partial charge in [-0.25, -0.2) is 4.79 Å². The van der Waals surface area contributed by atoms with E-state index >= 15 is 0 Å². The number of methoxy groups -OCH3 is 1. The maximum Gasteiger partial charge on any atom is 0.337 e. The van der Waals surface area contributed by atoms with Crippen molar-refractivity contribution >= 4 is 5.97 Å². The van der Waals surface area contributed by atoms with Crippen molar-refractivity contribution in [3.8, 4) is 11.5 Å². The predicted molar refractivity (Wildman–Crippen MR) is 120 cm³/mol. The molecule has 162 valence electrons. The first-order chi connectivity index (χ1) is 14.4. The fourth-order valence-electron chi connectivity index (χ4n) is 4.01. The molecule has 0 aliphatic carbocycles. The van der Waals surface area contributed by atoms with E-state index in [4.69, 9.17) is 14.2 Å². The van der Waals surface area contributed by atoms with Crippen LogP contribution in [0.4, 0.5) is 0 Å². The van der Waals surface area contributed by atoms with E-state index in [1.54, 1.807) is 12.1 Å². The molecule has 1 unspecified atom stereocenters. The minimum absolute atomic E-state index is 0.154. The van der Waals surface area contributed by atoms with Gasteiger partial charge in [-0.1, -0.05) is 52.2 Å². The van der Waals surface area contributed by atoms with E-state index < -0.39 is 0 Å². The monoisotopic (exact) mass is 410 g/mol. The van der Waals surface area contributed by atoms with E-state index in [0.29, 0.717) is 18.1 Å². The Kier molecular flexibility index (Phi) is 7.41. The van der Waals surface area contributed by atoms with Crippen molar-refractivity contribution in [3.05, 3.63) is 59.2 Å². The van der Waals surface area contributed by atoms with Crippen LogP contribution in [0.3, 0.4) is 0 Å². The smallest absolute Gasteiger partial charge is 0.337 e. The molecule has 4 nitrogen and oxygen atoms in total. The first kappa shape index (κ1) is 22.2. The Bertz CT molecular complexity index is 839. The number of carbonyl (C=O) groups excluding carboxylic acids is 1. The molecule has 3 rings (SSSR count). The first-order valence-electron chi connectivity index (χ1n) is 11.0. The molecule has 1 atom stereocenters. The summed E-state index contributed by atoms with van der Waals surface area (Å²) >= 11 is 0. The van der Waals surface area contributed by atoms with Crippen LogP contribution in [0.25, 0.3) is 0 Å². The van der Waals surface area contributed by atoms with Crippen molar-refractivity contribution in [2.45, 2.75) is 64.2 Å². The summed E-state index contributed by atoms with van der Waals surface area (Å²) in [6.45, 7) is 8.17. The molecule has 0 fully saturated rings. The summed E-state index contributed by atoms with van der Waals surface area (Å²) in [7, 11) is 1.39. The van der Waals surface area contributed by atoms with Crippen molar-refractivity contribution in [1.29, 1.82) is 0 Å². The van der Waals surface area contributed by atoms with Crippen LogP contribution in [0.5, 0.6) is 11.5 Å². The molecular weight excluding hydrogens is 376 g/mol. The van der Waals surface area contributed by atoms with Gasteiger partial charge in [0.1, 0.15) is 11.5 Å². The molecule has 0 amide bonds. The van der Waals surface area contributed by atoms with Gasteiger partial charge in [0, 0.05) is 5.92 Å². The zero-order valence-electron chi connectivity index (χ0n) is 18.7. The lowest BCUT2D eigenvalue weighted by Crippen LogP contribution is -2.26. The summed E-state index contributed by atoms with van der Waals surface area (Å²) in [6.07, 6.45) is 5.72. The Morgan fingerprint density at radius 2 is 1.90 bits per heavy atom. The lowest BCUT2D eigenvalue weighted by molar-refractivity contribution is 0.0600. The molecule has 0 spiro atoms. The fraction of sp³-hybridized carbons (Fsp3) is 0.500. The van der Waals surface area contributed by atoms with Gasteiger partial charge in [-0.05, 0) is 59.7 Å². The largest absolute Gasteiger partial charge is 0.493 e. The molecule has 1 aliphatic heterocycles. The molecule has 0 bridgehead atoms. The second-order valence-corrected chi connectivity index (χ2v) is 8.76. The lowest BCUT2D eigenvalue weighted by Gasteiger charge is -2.33. The van der Waals surface area contributed by atoms with Crippen LogP contribution in [0, 0.1) is 0 Å². The zero-order chi connectivity index (χ0) is 21.6. The highest BCUT2D eigenvalue weighted by molar-refractivity contribution is 5.89. The minimum atomic E-state index is -0.337. The predicted octanol–water partition coefficient (Wildman–Crippen LogP) is 6.28. The molecule has 0 saturated heterocycles. The number of unbranched alkanes of at least 4 members (excludes halogenated alkanes) is 2. The quantitative estimate of drug-likeness (QED) is 0.361. The van der Waals surface area contributed by atoms with Crippen LogP contribution >= 0.6 is 0 Å². The number of fused-ring (bicyclic) bond motifs is 1. The molecule has 2 aromatic rings.